The van der Waals surface area contributed by atoms with Crippen LogP contribution in [0.1, 0.15) is 0 Å². The number of hydrogen-bond donors (Lipinski definition) is 1. The first-order valence-corrected chi connectivity index (χ1v) is 6.79. The van der Waals surface area contributed by atoms with Crippen molar-refractivity contribution in [2.75, 3.05) is 5.73 Å². The molecule has 0 aliphatic heterocycles. The maximum Gasteiger partial charge on any atom is 0.255 e. The number of nitrogen functional groups attached to an aromatic ring is 1. The fourth-order valence-electron chi connectivity index (χ4n) is 1.96. The SMILES string of the molecule is Nc1cccc(-n2cc(-c3ccsc3)ccc2=O)c1. The molecule has 0 atom stereocenters. The highest BCUT2D eigenvalue weighted by Gasteiger charge is 2.04. The predicted molar refractivity (Wildman–Crippen MR) is 79.8 cm³/mol. The molecule has 3 rings (SSSR count). The smallest absolute Gasteiger partial charge is 0.255 e. The average molecular weight is 268 g/mol. The molecule has 19 heavy (non-hydrogen) atoms. The van der Waals surface area contributed by atoms with E-state index < -0.39 is 0 Å². The highest BCUT2D eigenvalue weighted by molar-refractivity contribution is 7.08. The summed E-state index contributed by atoms with van der Waals surface area (Å²) in [5.74, 6) is 0. The third-order valence-corrected chi connectivity index (χ3v) is 3.60. The molecule has 0 spiro atoms. The van der Waals surface area contributed by atoms with Gasteiger partial charge in [0.25, 0.3) is 5.56 Å². The van der Waals surface area contributed by atoms with Crippen LogP contribution < -0.4 is 11.3 Å². The first-order chi connectivity index (χ1) is 9.24. The van der Waals surface area contributed by atoms with Crippen LogP contribution in [0.15, 0.2) is 64.2 Å². The number of nitrogens with zero attached hydrogens (tertiary/aromatic N) is 1. The second-order valence-corrected chi connectivity index (χ2v) is 5.01. The van der Waals surface area contributed by atoms with E-state index in [1.807, 2.05) is 35.8 Å². The highest BCUT2D eigenvalue weighted by atomic mass is 32.1. The Bertz CT molecular complexity index is 760. The first kappa shape index (κ1) is 11.7. The van der Waals surface area contributed by atoms with Crippen molar-refractivity contribution in [3.05, 3.63) is 69.8 Å². The normalized spacial score (nSPS) is 10.5. The Hall–Kier alpha value is -2.33. The van der Waals surface area contributed by atoms with E-state index >= 15 is 0 Å². The van der Waals surface area contributed by atoms with Crippen molar-refractivity contribution >= 4 is 17.0 Å². The molecular formula is C15H12N2OS. The van der Waals surface area contributed by atoms with E-state index in [4.69, 9.17) is 5.73 Å². The highest BCUT2D eigenvalue weighted by Crippen LogP contribution is 2.21. The van der Waals surface area contributed by atoms with E-state index in [0.717, 1.165) is 16.8 Å². The molecule has 0 bridgehead atoms. The van der Waals surface area contributed by atoms with Gasteiger partial charge in [0.15, 0.2) is 0 Å². The van der Waals surface area contributed by atoms with E-state index in [9.17, 15) is 4.79 Å². The Labute approximate surface area is 114 Å². The van der Waals surface area contributed by atoms with Crippen LogP contribution in [-0.4, -0.2) is 4.57 Å². The van der Waals surface area contributed by atoms with E-state index in [-0.39, 0.29) is 5.56 Å². The molecular weight excluding hydrogens is 256 g/mol. The lowest BCUT2D eigenvalue weighted by atomic mass is 10.1. The zero-order valence-electron chi connectivity index (χ0n) is 10.1. The third-order valence-electron chi connectivity index (χ3n) is 2.91. The Morgan fingerprint density at radius 2 is 1.95 bits per heavy atom. The fourth-order valence-corrected chi connectivity index (χ4v) is 2.63. The van der Waals surface area contributed by atoms with Crippen LogP contribution in [-0.2, 0) is 0 Å². The number of aromatic nitrogens is 1. The molecule has 0 amide bonds. The summed E-state index contributed by atoms with van der Waals surface area (Å²) >= 11 is 1.64. The Balaban J connectivity index is 2.16. The number of nitrogens with two attached hydrogens (primary N) is 1. The maximum atomic E-state index is 12.0. The Morgan fingerprint density at radius 1 is 1.05 bits per heavy atom. The second-order valence-electron chi connectivity index (χ2n) is 4.23. The summed E-state index contributed by atoms with van der Waals surface area (Å²) < 4.78 is 1.61. The quantitative estimate of drug-likeness (QED) is 0.726. The molecule has 94 valence electrons. The van der Waals surface area contributed by atoms with Crippen molar-refractivity contribution in [3.8, 4) is 16.8 Å². The summed E-state index contributed by atoms with van der Waals surface area (Å²) in [6.07, 6.45) is 1.85. The summed E-state index contributed by atoms with van der Waals surface area (Å²) in [5.41, 5.74) is 9.25. The van der Waals surface area contributed by atoms with Gasteiger partial charge in [-0.05, 0) is 52.2 Å². The van der Waals surface area contributed by atoms with Crippen LogP contribution in [0.4, 0.5) is 5.69 Å². The minimum absolute atomic E-state index is 0.0652. The zero-order chi connectivity index (χ0) is 13.2. The number of anilines is 1. The summed E-state index contributed by atoms with van der Waals surface area (Å²) in [7, 11) is 0. The third kappa shape index (κ3) is 2.30. The molecule has 1 aromatic carbocycles. The molecule has 4 heteroatoms. The van der Waals surface area contributed by atoms with Crippen molar-refractivity contribution in [2.45, 2.75) is 0 Å². The van der Waals surface area contributed by atoms with Gasteiger partial charge >= 0.3 is 0 Å². The molecule has 2 heterocycles. The van der Waals surface area contributed by atoms with Gasteiger partial charge < -0.3 is 5.73 Å². The Kier molecular flexibility index (Phi) is 2.93. The Morgan fingerprint density at radius 3 is 2.68 bits per heavy atom. The molecule has 2 aromatic heterocycles. The van der Waals surface area contributed by atoms with Crippen LogP contribution in [0.5, 0.6) is 0 Å². The minimum Gasteiger partial charge on any atom is -0.399 e. The topological polar surface area (TPSA) is 48.0 Å². The largest absolute Gasteiger partial charge is 0.399 e. The molecule has 0 fully saturated rings. The molecule has 0 unspecified atom stereocenters. The molecule has 0 saturated heterocycles. The van der Waals surface area contributed by atoms with Crippen molar-refractivity contribution in [2.24, 2.45) is 0 Å². The fraction of sp³-hybridized carbons (Fsp3) is 0. The van der Waals surface area contributed by atoms with Gasteiger partial charge in [-0.2, -0.15) is 11.3 Å². The van der Waals surface area contributed by atoms with E-state index in [0.29, 0.717) is 5.69 Å². The molecule has 0 saturated carbocycles. The van der Waals surface area contributed by atoms with Gasteiger partial charge in [0.2, 0.25) is 0 Å². The average Bonchev–Trinajstić information content (AvgIpc) is 2.93. The van der Waals surface area contributed by atoms with Gasteiger partial charge in [0.1, 0.15) is 0 Å². The molecule has 0 radical (unpaired) electrons. The molecule has 3 aromatic rings. The van der Waals surface area contributed by atoms with Gasteiger partial charge in [-0.3, -0.25) is 9.36 Å². The van der Waals surface area contributed by atoms with Crippen molar-refractivity contribution in [1.82, 2.24) is 4.57 Å². The van der Waals surface area contributed by atoms with E-state index in [1.54, 1.807) is 34.1 Å². The molecule has 2 N–H and O–H groups in total. The maximum absolute atomic E-state index is 12.0. The number of benzene rings is 1. The van der Waals surface area contributed by atoms with Crippen LogP contribution >= 0.6 is 11.3 Å². The molecule has 3 nitrogen and oxygen atoms in total. The van der Waals surface area contributed by atoms with E-state index in [2.05, 4.69) is 5.38 Å². The van der Waals surface area contributed by atoms with Crippen LogP contribution in [0, 0.1) is 0 Å². The van der Waals surface area contributed by atoms with Gasteiger partial charge in [-0.1, -0.05) is 6.07 Å². The van der Waals surface area contributed by atoms with Crippen molar-refractivity contribution in [1.29, 1.82) is 0 Å². The van der Waals surface area contributed by atoms with Crippen molar-refractivity contribution < 1.29 is 0 Å². The van der Waals surface area contributed by atoms with Gasteiger partial charge in [-0.25, -0.2) is 0 Å². The second kappa shape index (κ2) is 4.74. The number of rotatable bonds is 2. The monoisotopic (exact) mass is 268 g/mol. The lowest BCUT2D eigenvalue weighted by Gasteiger charge is -2.08. The lowest BCUT2D eigenvalue weighted by molar-refractivity contribution is 0.993. The van der Waals surface area contributed by atoms with Gasteiger partial charge in [0, 0.05) is 18.0 Å². The lowest BCUT2D eigenvalue weighted by Crippen LogP contribution is -2.16. The summed E-state index contributed by atoms with van der Waals surface area (Å²) in [4.78, 5) is 12.0. The van der Waals surface area contributed by atoms with Crippen molar-refractivity contribution in [3.63, 3.8) is 0 Å². The van der Waals surface area contributed by atoms with E-state index in [1.165, 1.54) is 0 Å². The summed E-state index contributed by atoms with van der Waals surface area (Å²) in [6.45, 7) is 0. The van der Waals surface area contributed by atoms with Crippen LogP contribution in [0.2, 0.25) is 0 Å². The van der Waals surface area contributed by atoms with Crippen LogP contribution in [0.3, 0.4) is 0 Å². The first-order valence-electron chi connectivity index (χ1n) is 5.85. The number of hydrogen-bond acceptors (Lipinski definition) is 3. The molecule has 0 aliphatic carbocycles. The van der Waals surface area contributed by atoms with Gasteiger partial charge in [-0.15, -0.1) is 0 Å². The van der Waals surface area contributed by atoms with Gasteiger partial charge in [0.05, 0.1) is 5.69 Å². The number of pyridine rings is 1. The minimum atomic E-state index is -0.0652. The zero-order valence-corrected chi connectivity index (χ0v) is 10.9. The summed E-state index contributed by atoms with van der Waals surface area (Å²) in [6, 6.07) is 12.8. The molecule has 0 aliphatic rings. The summed E-state index contributed by atoms with van der Waals surface area (Å²) in [5, 5.41) is 4.08. The standard InChI is InChI=1S/C15H12N2OS/c16-13-2-1-3-14(8-13)17-9-11(4-5-15(17)18)12-6-7-19-10-12/h1-10H,16H2. The predicted octanol–water partition coefficient (Wildman–Crippen LogP) is 3.15. The van der Waals surface area contributed by atoms with Crippen LogP contribution in [0.25, 0.3) is 16.8 Å². The number of thiophene rings is 1.